The average Bonchev–Trinajstić information content (AvgIpc) is 3.44. The van der Waals surface area contributed by atoms with Crippen molar-refractivity contribution in [2.24, 2.45) is 0 Å². The molecule has 1 aliphatic rings. The second-order valence-corrected chi connectivity index (χ2v) is 6.26. The van der Waals surface area contributed by atoms with Gasteiger partial charge in [-0.15, -0.1) is 0 Å². The van der Waals surface area contributed by atoms with Gasteiger partial charge in [0.05, 0.1) is 0 Å². The number of amides is 2. The molecule has 0 spiro atoms. The molecule has 8 heteroatoms. The highest BCUT2D eigenvalue weighted by molar-refractivity contribution is 5.96. The zero-order valence-electron chi connectivity index (χ0n) is 15.8. The Hall–Kier alpha value is -4.20. The van der Waals surface area contributed by atoms with Crippen molar-refractivity contribution in [1.82, 2.24) is 10.9 Å². The number of hydrazine groups is 1. The Labute approximate surface area is 172 Å². The predicted octanol–water partition coefficient (Wildman–Crippen LogP) is 3.06. The number of benzene rings is 2. The van der Waals surface area contributed by atoms with Gasteiger partial charge in [0.15, 0.2) is 17.3 Å². The zero-order chi connectivity index (χ0) is 20.8. The molecule has 1 aliphatic heterocycles. The van der Waals surface area contributed by atoms with Crippen molar-refractivity contribution in [2.45, 2.75) is 6.61 Å². The maximum Gasteiger partial charge on any atom is 0.305 e. The summed E-state index contributed by atoms with van der Waals surface area (Å²) in [5.41, 5.74) is 5.35. The minimum absolute atomic E-state index is 0.0571. The standard InChI is InChI=1S/C22H18N2O6/c25-21(11-7-15-6-9-18-20(12-15)29-14-28-18)23-24-22(26)19-10-8-17(30-19)13-27-16-4-2-1-3-5-16/h1-12H,13-14H2,(H,23,25)(H,24,26)/b11-7+. The highest BCUT2D eigenvalue weighted by Gasteiger charge is 2.13. The minimum Gasteiger partial charge on any atom is -0.486 e. The average molecular weight is 406 g/mol. The summed E-state index contributed by atoms with van der Waals surface area (Å²) in [4.78, 5) is 24.1. The third-order valence-corrected chi connectivity index (χ3v) is 4.13. The highest BCUT2D eigenvalue weighted by Crippen LogP contribution is 2.32. The molecule has 0 bridgehead atoms. The van der Waals surface area contributed by atoms with Crippen LogP contribution < -0.4 is 25.1 Å². The summed E-state index contributed by atoms with van der Waals surface area (Å²) < 4.78 is 21.5. The van der Waals surface area contributed by atoms with Gasteiger partial charge in [0.25, 0.3) is 5.91 Å². The summed E-state index contributed by atoms with van der Waals surface area (Å²) in [5.74, 6) is 1.44. The Morgan fingerprint density at radius 2 is 1.80 bits per heavy atom. The first kappa shape index (κ1) is 19.1. The van der Waals surface area contributed by atoms with Crippen molar-refractivity contribution in [3.63, 3.8) is 0 Å². The van der Waals surface area contributed by atoms with E-state index in [1.807, 2.05) is 30.3 Å². The molecule has 4 rings (SSSR count). The highest BCUT2D eigenvalue weighted by atomic mass is 16.7. The Morgan fingerprint density at radius 3 is 2.67 bits per heavy atom. The fraction of sp³-hybridized carbons (Fsp3) is 0.0909. The molecule has 0 fully saturated rings. The SMILES string of the molecule is O=C(/C=C/c1ccc2c(c1)OCO2)NNC(=O)c1ccc(COc2ccccc2)o1. The van der Waals surface area contributed by atoms with Gasteiger partial charge >= 0.3 is 5.91 Å². The van der Waals surface area contributed by atoms with E-state index in [2.05, 4.69) is 10.9 Å². The largest absolute Gasteiger partial charge is 0.486 e. The van der Waals surface area contributed by atoms with Crippen LogP contribution in [0.4, 0.5) is 0 Å². The first-order chi connectivity index (χ1) is 14.7. The number of fused-ring (bicyclic) bond motifs is 1. The Balaban J connectivity index is 1.25. The van der Waals surface area contributed by atoms with E-state index in [1.54, 1.807) is 30.3 Å². The van der Waals surface area contributed by atoms with Crippen LogP contribution in [0, 0.1) is 0 Å². The van der Waals surface area contributed by atoms with E-state index in [1.165, 1.54) is 12.1 Å². The maximum atomic E-state index is 12.1. The first-order valence-corrected chi connectivity index (χ1v) is 9.12. The Kier molecular flexibility index (Phi) is 5.66. The van der Waals surface area contributed by atoms with Crippen molar-refractivity contribution >= 4 is 17.9 Å². The van der Waals surface area contributed by atoms with Gasteiger partial charge in [0.2, 0.25) is 6.79 Å². The monoisotopic (exact) mass is 406 g/mol. The van der Waals surface area contributed by atoms with Crippen LogP contribution in [0.15, 0.2) is 71.2 Å². The van der Waals surface area contributed by atoms with E-state index < -0.39 is 11.8 Å². The van der Waals surface area contributed by atoms with Crippen LogP contribution in [0.5, 0.6) is 17.2 Å². The number of para-hydroxylation sites is 1. The van der Waals surface area contributed by atoms with Gasteiger partial charge in [-0.1, -0.05) is 24.3 Å². The van der Waals surface area contributed by atoms with E-state index in [-0.39, 0.29) is 19.2 Å². The van der Waals surface area contributed by atoms with Crippen LogP contribution in [-0.2, 0) is 11.4 Å². The van der Waals surface area contributed by atoms with Gasteiger partial charge < -0.3 is 18.6 Å². The van der Waals surface area contributed by atoms with Gasteiger partial charge in [-0.3, -0.25) is 20.4 Å². The van der Waals surface area contributed by atoms with E-state index >= 15 is 0 Å². The lowest BCUT2D eigenvalue weighted by Crippen LogP contribution is -2.40. The fourth-order valence-electron chi connectivity index (χ4n) is 2.66. The Morgan fingerprint density at radius 1 is 0.967 bits per heavy atom. The molecular weight excluding hydrogens is 388 g/mol. The molecule has 1 aromatic heterocycles. The van der Waals surface area contributed by atoms with Crippen molar-refractivity contribution in [1.29, 1.82) is 0 Å². The molecule has 0 aliphatic carbocycles. The van der Waals surface area contributed by atoms with Gasteiger partial charge in [-0.2, -0.15) is 0 Å². The molecule has 2 aromatic carbocycles. The summed E-state index contributed by atoms with van der Waals surface area (Å²) in [5, 5.41) is 0. The second-order valence-electron chi connectivity index (χ2n) is 6.26. The normalized spacial score (nSPS) is 12.0. The minimum atomic E-state index is -0.578. The molecule has 0 saturated heterocycles. The van der Waals surface area contributed by atoms with Crippen LogP contribution in [0.2, 0.25) is 0 Å². The summed E-state index contributed by atoms with van der Waals surface area (Å²) in [6.45, 7) is 0.365. The molecular formula is C22H18N2O6. The molecule has 2 amide bonds. The number of nitrogens with one attached hydrogen (secondary N) is 2. The van der Waals surface area contributed by atoms with E-state index in [0.717, 1.165) is 5.56 Å². The lowest BCUT2D eigenvalue weighted by Gasteiger charge is -2.04. The zero-order valence-corrected chi connectivity index (χ0v) is 15.8. The Bertz CT molecular complexity index is 1070. The van der Waals surface area contributed by atoms with Crippen LogP contribution >= 0.6 is 0 Å². The molecule has 30 heavy (non-hydrogen) atoms. The van der Waals surface area contributed by atoms with Crippen LogP contribution in [0.25, 0.3) is 6.08 Å². The number of furan rings is 1. The fourth-order valence-corrected chi connectivity index (χ4v) is 2.66. The lowest BCUT2D eigenvalue weighted by molar-refractivity contribution is -0.117. The molecule has 3 aromatic rings. The number of carbonyl (C=O) groups excluding carboxylic acids is 2. The van der Waals surface area contributed by atoms with Gasteiger partial charge in [-0.25, -0.2) is 0 Å². The topological polar surface area (TPSA) is 99.0 Å². The van der Waals surface area contributed by atoms with Crippen LogP contribution in [0.3, 0.4) is 0 Å². The van der Waals surface area contributed by atoms with Crippen molar-refractivity contribution in [3.8, 4) is 17.2 Å². The third-order valence-electron chi connectivity index (χ3n) is 4.13. The number of hydrogen-bond donors (Lipinski definition) is 2. The van der Waals surface area contributed by atoms with Crippen molar-refractivity contribution in [2.75, 3.05) is 6.79 Å². The second kappa shape index (κ2) is 8.87. The molecule has 8 nitrogen and oxygen atoms in total. The molecule has 2 N–H and O–H groups in total. The summed E-state index contributed by atoms with van der Waals surface area (Å²) in [7, 11) is 0. The number of hydrogen-bond acceptors (Lipinski definition) is 6. The third kappa shape index (κ3) is 4.79. The molecule has 0 radical (unpaired) electrons. The molecule has 0 saturated carbocycles. The van der Waals surface area contributed by atoms with Crippen molar-refractivity contribution in [3.05, 3.63) is 83.8 Å². The van der Waals surface area contributed by atoms with E-state index in [4.69, 9.17) is 18.6 Å². The van der Waals surface area contributed by atoms with Crippen molar-refractivity contribution < 1.29 is 28.2 Å². The van der Waals surface area contributed by atoms with Crippen LogP contribution in [-0.4, -0.2) is 18.6 Å². The van der Waals surface area contributed by atoms with Gasteiger partial charge in [0, 0.05) is 6.08 Å². The van der Waals surface area contributed by atoms with Gasteiger partial charge in [-0.05, 0) is 48.0 Å². The lowest BCUT2D eigenvalue weighted by atomic mass is 10.2. The number of rotatable bonds is 6. The molecule has 0 atom stereocenters. The molecule has 152 valence electrons. The summed E-state index contributed by atoms with van der Waals surface area (Å²) in [6.07, 6.45) is 2.88. The number of carbonyl (C=O) groups is 2. The van der Waals surface area contributed by atoms with Crippen LogP contribution in [0.1, 0.15) is 21.9 Å². The maximum absolute atomic E-state index is 12.1. The molecule has 2 heterocycles. The van der Waals surface area contributed by atoms with E-state index in [9.17, 15) is 9.59 Å². The molecule has 0 unspecified atom stereocenters. The quantitative estimate of drug-likeness (QED) is 0.482. The first-order valence-electron chi connectivity index (χ1n) is 9.12. The van der Waals surface area contributed by atoms with Gasteiger partial charge in [0.1, 0.15) is 18.1 Å². The predicted molar refractivity (Wildman–Crippen MR) is 107 cm³/mol. The summed E-state index contributed by atoms with van der Waals surface area (Å²) in [6, 6.07) is 17.7. The summed E-state index contributed by atoms with van der Waals surface area (Å²) >= 11 is 0. The van der Waals surface area contributed by atoms with E-state index in [0.29, 0.717) is 23.0 Å². The number of ether oxygens (including phenoxy) is 3. The smallest absolute Gasteiger partial charge is 0.305 e.